The summed E-state index contributed by atoms with van der Waals surface area (Å²) in [4.78, 5) is 2.63. The molecule has 0 saturated heterocycles. The Kier molecular flexibility index (Phi) is 9.43. The zero-order valence-electron chi connectivity index (χ0n) is 25.2. The molecule has 0 aromatic heterocycles. The summed E-state index contributed by atoms with van der Waals surface area (Å²) < 4.78 is 16.3. The van der Waals surface area contributed by atoms with Gasteiger partial charge >= 0.3 is 0 Å². The first-order valence-corrected chi connectivity index (χ1v) is 20.3. The first kappa shape index (κ1) is 30.0. The summed E-state index contributed by atoms with van der Waals surface area (Å²) in [7, 11) is -5.31. The molecule has 0 spiro atoms. The molecule has 0 aliphatic rings. The standard InChI is InChI=1S/C38H42NOPSi/c1-31(33-22-12-6-13-23-33)39(30-32-20-10-5-11-21-32)37(34-24-14-7-15-25-34)38(42(2,3)4)41(40,35-26-16-8-17-27-35)36-28-18-9-19-29-36/h5-29,31,37-38H,30H2,1-4H3/t31-,37-,38-/m1/s1. The number of nitrogens with zero attached hydrogens (tertiary/aromatic N) is 1. The molecule has 0 saturated carbocycles. The van der Waals surface area contributed by atoms with Crippen molar-refractivity contribution in [3.63, 3.8) is 0 Å². The van der Waals surface area contributed by atoms with Crippen LogP contribution < -0.4 is 10.6 Å². The number of rotatable bonds is 11. The van der Waals surface area contributed by atoms with Gasteiger partial charge in [0.05, 0.1) is 8.07 Å². The molecular formula is C38H42NOPSi. The number of hydrogen-bond donors (Lipinski definition) is 0. The minimum Gasteiger partial charge on any atom is -0.314 e. The van der Waals surface area contributed by atoms with Crippen LogP contribution in [0, 0.1) is 0 Å². The fourth-order valence-corrected chi connectivity index (χ4v) is 15.9. The number of hydrogen-bond acceptors (Lipinski definition) is 2. The summed E-state index contributed by atoms with van der Waals surface area (Å²) in [6.07, 6.45) is 0. The number of benzene rings is 5. The van der Waals surface area contributed by atoms with Crippen LogP contribution in [0.1, 0.15) is 35.7 Å². The first-order chi connectivity index (χ1) is 20.3. The summed E-state index contributed by atoms with van der Waals surface area (Å²) in [5.74, 6) is 0. The Morgan fingerprint density at radius 3 is 1.38 bits per heavy atom. The van der Waals surface area contributed by atoms with E-state index >= 15 is 4.57 Å². The Hall–Kier alpha value is -3.49. The lowest BCUT2D eigenvalue weighted by Gasteiger charge is -2.48. The van der Waals surface area contributed by atoms with E-state index in [2.05, 4.69) is 147 Å². The van der Waals surface area contributed by atoms with Gasteiger partial charge in [0.25, 0.3) is 0 Å². The molecule has 42 heavy (non-hydrogen) atoms. The topological polar surface area (TPSA) is 20.3 Å². The zero-order valence-corrected chi connectivity index (χ0v) is 27.1. The molecule has 5 aromatic carbocycles. The Labute approximate surface area is 253 Å². The molecule has 0 amide bonds. The Balaban J connectivity index is 1.81. The lowest BCUT2D eigenvalue weighted by Crippen LogP contribution is -2.52. The van der Waals surface area contributed by atoms with Crippen LogP contribution >= 0.6 is 7.14 Å². The van der Waals surface area contributed by atoms with E-state index in [1.165, 1.54) is 16.7 Å². The van der Waals surface area contributed by atoms with E-state index in [1.54, 1.807) is 0 Å². The van der Waals surface area contributed by atoms with Crippen LogP contribution in [0.25, 0.3) is 0 Å². The first-order valence-electron chi connectivity index (χ1n) is 14.9. The lowest BCUT2D eigenvalue weighted by atomic mass is 9.99. The van der Waals surface area contributed by atoms with Crippen molar-refractivity contribution < 1.29 is 4.57 Å². The largest absolute Gasteiger partial charge is 0.314 e. The summed E-state index contributed by atoms with van der Waals surface area (Å²) in [5.41, 5.74) is 3.73. The molecular weight excluding hydrogens is 545 g/mol. The van der Waals surface area contributed by atoms with Crippen LogP contribution in [0.15, 0.2) is 152 Å². The van der Waals surface area contributed by atoms with Crippen molar-refractivity contribution in [3.05, 3.63) is 168 Å². The zero-order chi connectivity index (χ0) is 29.6. The van der Waals surface area contributed by atoms with Gasteiger partial charge in [-0.25, -0.2) is 0 Å². The molecule has 214 valence electrons. The molecule has 5 rings (SSSR count). The normalized spacial score (nSPS) is 14.3. The van der Waals surface area contributed by atoms with Crippen LogP contribution in [0.2, 0.25) is 19.6 Å². The monoisotopic (exact) mass is 587 g/mol. The summed E-state index contributed by atoms with van der Waals surface area (Å²) in [6.45, 7) is 10.3. The van der Waals surface area contributed by atoms with E-state index in [0.29, 0.717) is 0 Å². The highest BCUT2D eigenvalue weighted by atomic mass is 31.2. The van der Waals surface area contributed by atoms with Gasteiger partial charge < -0.3 is 4.57 Å². The average molecular weight is 588 g/mol. The van der Waals surface area contributed by atoms with Crippen LogP contribution in [0.5, 0.6) is 0 Å². The molecule has 0 radical (unpaired) electrons. The highest BCUT2D eigenvalue weighted by molar-refractivity contribution is 7.81. The fourth-order valence-electron chi connectivity index (χ4n) is 6.39. The Morgan fingerprint density at radius 2 is 0.952 bits per heavy atom. The third kappa shape index (κ3) is 6.44. The predicted molar refractivity (Wildman–Crippen MR) is 183 cm³/mol. The van der Waals surface area contributed by atoms with Crippen molar-refractivity contribution >= 4 is 25.8 Å². The minimum atomic E-state index is -3.15. The van der Waals surface area contributed by atoms with Crippen molar-refractivity contribution in [1.82, 2.24) is 4.90 Å². The van der Waals surface area contributed by atoms with Crippen molar-refractivity contribution in [2.24, 2.45) is 0 Å². The molecule has 0 heterocycles. The third-order valence-corrected chi connectivity index (χ3v) is 17.0. The Bertz CT molecular complexity index is 1530. The van der Waals surface area contributed by atoms with Crippen molar-refractivity contribution in [3.8, 4) is 0 Å². The van der Waals surface area contributed by atoms with Crippen LogP contribution in [-0.4, -0.2) is 18.3 Å². The van der Waals surface area contributed by atoms with Crippen molar-refractivity contribution in [2.45, 2.75) is 50.5 Å². The molecule has 5 aromatic rings. The molecule has 0 aliphatic carbocycles. The van der Waals surface area contributed by atoms with E-state index < -0.39 is 15.2 Å². The van der Waals surface area contributed by atoms with E-state index in [4.69, 9.17) is 0 Å². The van der Waals surface area contributed by atoms with Gasteiger partial charge in [0.1, 0.15) is 7.14 Å². The summed E-state index contributed by atoms with van der Waals surface area (Å²) in [5, 5.41) is 1.79. The molecule has 3 atom stereocenters. The maximum absolute atomic E-state index is 16.3. The maximum atomic E-state index is 16.3. The maximum Gasteiger partial charge on any atom is 0.145 e. The van der Waals surface area contributed by atoms with E-state index in [1.807, 2.05) is 36.4 Å². The smallest absolute Gasteiger partial charge is 0.145 e. The van der Waals surface area contributed by atoms with Gasteiger partial charge in [0, 0.05) is 34.5 Å². The second kappa shape index (κ2) is 13.2. The molecule has 0 unspecified atom stereocenters. The van der Waals surface area contributed by atoms with Crippen LogP contribution in [0.4, 0.5) is 0 Å². The minimum absolute atomic E-state index is 0.0838. The van der Waals surface area contributed by atoms with Gasteiger partial charge in [-0.15, -0.1) is 0 Å². The summed E-state index contributed by atoms with van der Waals surface area (Å²) in [6, 6.07) is 52.9. The molecule has 0 N–H and O–H groups in total. The van der Waals surface area contributed by atoms with Gasteiger partial charge in [0.15, 0.2) is 0 Å². The second-order valence-electron chi connectivity index (χ2n) is 12.2. The van der Waals surface area contributed by atoms with Gasteiger partial charge in [0.2, 0.25) is 0 Å². The average Bonchev–Trinajstić information content (AvgIpc) is 3.03. The fraction of sp³-hybridized carbons (Fsp3) is 0.211. The van der Waals surface area contributed by atoms with Gasteiger partial charge in [-0.2, -0.15) is 0 Å². The molecule has 2 nitrogen and oxygen atoms in total. The van der Waals surface area contributed by atoms with Crippen molar-refractivity contribution in [1.29, 1.82) is 0 Å². The molecule has 0 bridgehead atoms. The quantitative estimate of drug-likeness (QED) is 0.113. The van der Waals surface area contributed by atoms with Gasteiger partial charge in [-0.3, -0.25) is 4.90 Å². The van der Waals surface area contributed by atoms with Crippen LogP contribution in [-0.2, 0) is 11.1 Å². The van der Waals surface area contributed by atoms with Gasteiger partial charge in [-0.1, -0.05) is 171 Å². The predicted octanol–water partition coefficient (Wildman–Crippen LogP) is 9.25. The second-order valence-corrected chi connectivity index (χ2v) is 21.0. The van der Waals surface area contributed by atoms with E-state index in [9.17, 15) is 0 Å². The lowest BCUT2D eigenvalue weighted by molar-refractivity contribution is 0.139. The highest BCUT2D eigenvalue weighted by Gasteiger charge is 2.51. The van der Waals surface area contributed by atoms with Crippen molar-refractivity contribution in [2.75, 3.05) is 0 Å². The molecule has 4 heteroatoms. The highest BCUT2D eigenvalue weighted by Crippen LogP contribution is 2.58. The van der Waals surface area contributed by atoms with Gasteiger partial charge in [-0.05, 0) is 23.6 Å². The van der Waals surface area contributed by atoms with Crippen LogP contribution in [0.3, 0.4) is 0 Å². The summed E-state index contributed by atoms with van der Waals surface area (Å²) >= 11 is 0. The van der Waals surface area contributed by atoms with E-state index in [-0.39, 0.29) is 17.4 Å². The third-order valence-electron chi connectivity index (χ3n) is 8.34. The molecule has 0 aliphatic heterocycles. The SMILES string of the molecule is C[C@H](c1ccccc1)N(Cc1ccccc1)[C@H](c1ccccc1)[C@@H]([Si](C)(C)C)P(=O)(c1ccccc1)c1ccccc1. The molecule has 0 fully saturated rings. The Morgan fingerprint density at radius 1 is 0.571 bits per heavy atom. The van der Waals surface area contributed by atoms with E-state index in [0.717, 1.165) is 17.2 Å².